The van der Waals surface area contributed by atoms with Gasteiger partial charge in [0.1, 0.15) is 5.75 Å². The second-order valence-electron chi connectivity index (χ2n) is 5.46. The third-order valence-electron chi connectivity index (χ3n) is 2.73. The first-order chi connectivity index (χ1) is 9.36. The van der Waals surface area contributed by atoms with Crippen molar-refractivity contribution in [3.05, 3.63) is 29.8 Å². The van der Waals surface area contributed by atoms with E-state index in [1.165, 1.54) is 7.11 Å². The summed E-state index contributed by atoms with van der Waals surface area (Å²) >= 11 is 0. The molecule has 2 amide bonds. The summed E-state index contributed by atoms with van der Waals surface area (Å²) in [5.74, 6) is 0.278. The molecule has 0 heterocycles. The van der Waals surface area contributed by atoms with E-state index in [4.69, 9.17) is 4.74 Å². The van der Waals surface area contributed by atoms with Crippen molar-refractivity contribution in [2.24, 2.45) is 5.41 Å². The molecule has 5 heteroatoms. The van der Waals surface area contributed by atoms with E-state index >= 15 is 0 Å². The fraction of sp³-hybridized carbons (Fsp3) is 0.467. The number of ether oxygens (including phenoxy) is 1. The van der Waals surface area contributed by atoms with Gasteiger partial charge in [0.2, 0.25) is 5.91 Å². The van der Waals surface area contributed by atoms with Gasteiger partial charge >= 0.3 is 0 Å². The maximum atomic E-state index is 12.0. The molecule has 1 aromatic rings. The highest BCUT2D eigenvalue weighted by atomic mass is 16.5. The van der Waals surface area contributed by atoms with Gasteiger partial charge < -0.3 is 15.4 Å². The number of carbonyl (C=O) groups excluding carboxylic acids is 2. The highest BCUT2D eigenvalue weighted by Gasteiger charge is 2.20. The third kappa shape index (κ3) is 4.57. The van der Waals surface area contributed by atoms with Crippen molar-refractivity contribution < 1.29 is 14.3 Å². The van der Waals surface area contributed by atoms with Crippen LogP contribution in [-0.2, 0) is 4.79 Å². The highest BCUT2D eigenvalue weighted by molar-refractivity contribution is 5.96. The largest absolute Gasteiger partial charge is 0.496 e. The SMILES string of the molecule is COc1ccccc1C(=O)NCCNC(=O)C(C)(C)C. The predicted octanol–water partition coefficient (Wildman–Crippen LogP) is 1.59. The van der Waals surface area contributed by atoms with Crippen LogP contribution in [0.3, 0.4) is 0 Å². The van der Waals surface area contributed by atoms with Crippen molar-refractivity contribution in [1.29, 1.82) is 0 Å². The summed E-state index contributed by atoms with van der Waals surface area (Å²) in [7, 11) is 1.52. The first-order valence-corrected chi connectivity index (χ1v) is 6.56. The van der Waals surface area contributed by atoms with Crippen LogP contribution in [0.1, 0.15) is 31.1 Å². The molecule has 0 atom stereocenters. The molecular weight excluding hydrogens is 256 g/mol. The van der Waals surface area contributed by atoms with Crippen molar-refractivity contribution in [1.82, 2.24) is 10.6 Å². The summed E-state index contributed by atoms with van der Waals surface area (Å²) in [5.41, 5.74) is 0.0595. The smallest absolute Gasteiger partial charge is 0.255 e. The zero-order valence-corrected chi connectivity index (χ0v) is 12.4. The summed E-state index contributed by atoms with van der Waals surface area (Å²) in [6.45, 7) is 6.30. The van der Waals surface area contributed by atoms with Gasteiger partial charge in [-0.15, -0.1) is 0 Å². The number of nitrogens with one attached hydrogen (secondary N) is 2. The molecule has 0 aliphatic carbocycles. The molecule has 0 aromatic heterocycles. The summed E-state index contributed by atoms with van der Waals surface area (Å²) in [4.78, 5) is 23.6. The van der Waals surface area contributed by atoms with Crippen LogP contribution in [0.5, 0.6) is 5.75 Å². The van der Waals surface area contributed by atoms with Crippen LogP contribution in [0, 0.1) is 5.41 Å². The number of amides is 2. The maximum Gasteiger partial charge on any atom is 0.255 e. The lowest BCUT2D eigenvalue weighted by molar-refractivity contribution is -0.128. The third-order valence-corrected chi connectivity index (χ3v) is 2.73. The number of methoxy groups -OCH3 is 1. The molecule has 5 nitrogen and oxygen atoms in total. The van der Waals surface area contributed by atoms with Gasteiger partial charge in [-0.1, -0.05) is 32.9 Å². The van der Waals surface area contributed by atoms with Crippen LogP contribution >= 0.6 is 0 Å². The van der Waals surface area contributed by atoms with Gasteiger partial charge in [-0.05, 0) is 12.1 Å². The first kappa shape index (κ1) is 16.0. The van der Waals surface area contributed by atoms with Gasteiger partial charge in [0.15, 0.2) is 0 Å². The molecule has 0 fully saturated rings. The van der Waals surface area contributed by atoms with Crippen LogP contribution in [0.2, 0.25) is 0 Å². The fourth-order valence-electron chi connectivity index (χ4n) is 1.54. The maximum absolute atomic E-state index is 12.0. The molecule has 20 heavy (non-hydrogen) atoms. The van der Waals surface area contributed by atoms with Crippen molar-refractivity contribution in [3.63, 3.8) is 0 Å². The fourth-order valence-corrected chi connectivity index (χ4v) is 1.54. The average Bonchev–Trinajstić information content (AvgIpc) is 2.41. The van der Waals surface area contributed by atoms with E-state index in [2.05, 4.69) is 10.6 Å². The van der Waals surface area contributed by atoms with E-state index in [-0.39, 0.29) is 11.8 Å². The van der Waals surface area contributed by atoms with Crippen LogP contribution in [0.15, 0.2) is 24.3 Å². The monoisotopic (exact) mass is 278 g/mol. The number of carbonyl (C=O) groups is 2. The molecule has 0 unspecified atom stereocenters. The summed E-state index contributed by atoms with van der Waals surface area (Å²) in [6.07, 6.45) is 0. The summed E-state index contributed by atoms with van der Waals surface area (Å²) in [5, 5.41) is 5.52. The molecule has 0 aliphatic rings. The number of benzene rings is 1. The van der Waals surface area contributed by atoms with Crippen molar-refractivity contribution >= 4 is 11.8 Å². The molecule has 0 aliphatic heterocycles. The van der Waals surface area contributed by atoms with E-state index in [0.717, 1.165) is 0 Å². The van der Waals surface area contributed by atoms with Crippen LogP contribution < -0.4 is 15.4 Å². The zero-order valence-electron chi connectivity index (χ0n) is 12.4. The number of para-hydroxylation sites is 1. The summed E-state index contributed by atoms with van der Waals surface area (Å²) in [6, 6.07) is 7.01. The van der Waals surface area contributed by atoms with Gasteiger partial charge in [-0.25, -0.2) is 0 Å². The van der Waals surface area contributed by atoms with Crippen LogP contribution in [0.4, 0.5) is 0 Å². The predicted molar refractivity (Wildman–Crippen MR) is 77.8 cm³/mol. The van der Waals surface area contributed by atoms with Gasteiger partial charge in [-0.2, -0.15) is 0 Å². The Labute approximate surface area is 119 Å². The topological polar surface area (TPSA) is 67.4 Å². The molecule has 0 spiro atoms. The number of rotatable bonds is 5. The summed E-state index contributed by atoms with van der Waals surface area (Å²) < 4.78 is 5.13. The normalized spacial score (nSPS) is 10.8. The molecule has 110 valence electrons. The quantitative estimate of drug-likeness (QED) is 0.804. The Morgan fingerprint density at radius 3 is 2.30 bits per heavy atom. The van der Waals surface area contributed by atoms with E-state index < -0.39 is 5.41 Å². The Morgan fingerprint density at radius 2 is 1.70 bits per heavy atom. The van der Waals surface area contributed by atoms with Gasteiger partial charge in [0.25, 0.3) is 5.91 Å². The highest BCUT2D eigenvalue weighted by Crippen LogP contribution is 2.16. The minimum Gasteiger partial charge on any atom is -0.496 e. The Bertz CT molecular complexity index is 478. The molecule has 0 saturated carbocycles. The number of hydrogen-bond acceptors (Lipinski definition) is 3. The second kappa shape index (κ2) is 6.93. The second-order valence-corrected chi connectivity index (χ2v) is 5.46. The van der Waals surface area contributed by atoms with E-state index in [0.29, 0.717) is 24.4 Å². The lowest BCUT2D eigenvalue weighted by atomic mass is 9.96. The molecule has 0 saturated heterocycles. The Morgan fingerprint density at radius 1 is 1.10 bits per heavy atom. The van der Waals surface area contributed by atoms with E-state index in [1.54, 1.807) is 24.3 Å². The molecule has 2 N–H and O–H groups in total. The molecule has 1 rings (SSSR count). The Balaban J connectivity index is 2.43. The molecule has 0 radical (unpaired) electrons. The van der Waals surface area contributed by atoms with Crippen molar-refractivity contribution in [3.8, 4) is 5.75 Å². The lowest BCUT2D eigenvalue weighted by Gasteiger charge is -2.17. The Hall–Kier alpha value is -2.04. The molecular formula is C15H22N2O3. The zero-order chi connectivity index (χ0) is 15.2. The average molecular weight is 278 g/mol. The van der Waals surface area contributed by atoms with Gasteiger partial charge in [0.05, 0.1) is 12.7 Å². The van der Waals surface area contributed by atoms with Gasteiger partial charge in [-0.3, -0.25) is 9.59 Å². The van der Waals surface area contributed by atoms with E-state index in [1.807, 2.05) is 20.8 Å². The Kier molecular flexibility index (Phi) is 5.55. The molecule has 1 aromatic carbocycles. The number of hydrogen-bond donors (Lipinski definition) is 2. The van der Waals surface area contributed by atoms with Crippen molar-refractivity contribution in [2.45, 2.75) is 20.8 Å². The van der Waals surface area contributed by atoms with Crippen molar-refractivity contribution in [2.75, 3.05) is 20.2 Å². The molecule has 0 bridgehead atoms. The standard InChI is InChI=1S/C15H22N2O3/c1-15(2,3)14(19)17-10-9-16-13(18)11-7-5-6-8-12(11)20-4/h5-8H,9-10H2,1-4H3,(H,16,18)(H,17,19). The minimum absolute atomic E-state index is 0.0379. The lowest BCUT2D eigenvalue weighted by Crippen LogP contribution is -2.39. The van der Waals surface area contributed by atoms with Gasteiger partial charge in [0, 0.05) is 18.5 Å². The van der Waals surface area contributed by atoms with Crippen LogP contribution in [0.25, 0.3) is 0 Å². The first-order valence-electron chi connectivity index (χ1n) is 6.56. The minimum atomic E-state index is -0.424. The van der Waals surface area contributed by atoms with E-state index in [9.17, 15) is 9.59 Å². The van der Waals surface area contributed by atoms with Crippen LogP contribution in [-0.4, -0.2) is 32.0 Å².